The third-order valence-corrected chi connectivity index (χ3v) is 6.03. The molecule has 0 N–H and O–H groups in total. The summed E-state index contributed by atoms with van der Waals surface area (Å²) in [4.78, 5) is 14.6. The molecule has 138 valence electrons. The van der Waals surface area contributed by atoms with Gasteiger partial charge in [-0.25, -0.2) is 0 Å². The highest BCUT2D eigenvalue weighted by atomic mass is 16.5. The van der Waals surface area contributed by atoms with E-state index >= 15 is 0 Å². The molecule has 4 heteroatoms. The van der Waals surface area contributed by atoms with Crippen molar-refractivity contribution in [2.24, 2.45) is 11.3 Å². The van der Waals surface area contributed by atoms with Gasteiger partial charge in [0, 0.05) is 38.6 Å². The Labute approximate surface area is 151 Å². The molecule has 2 aliphatic heterocycles. The number of likely N-dealkylation sites (tertiary alicyclic amines) is 1. The van der Waals surface area contributed by atoms with Crippen molar-refractivity contribution in [3.8, 4) is 0 Å². The Morgan fingerprint density at radius 2 is 2.00 bits per heavy atom. The van der Waals surface area contributed by atoms with Crippen molar-refractivity contribution in [3.63, 3.8) is 0 Å². The Bertz CT molecular complexity index is 537. The van der Waals surface area contributed by atoms with E-state index in [1.807, 2.05) is 25.1 Å². The molecule has 25 heavy (non-hydrogen) atoms. The number of benzene rings is 1. The average molecular weight is 345 g/mol. The van der Waals surface area contributed by atoms with Gasteiger partial charge in [-0.3, -0.25) is 4.79 Å². The minimum Gasteiger partial charge on any atom is -0.381 e. The van der Waals surface area contributed by atoms with Crippen LogP contribution >= 0.6 is 0 Å². The summed E-state index contributed by atoms with van der Waals surface area (Å²) in [6.07, 6.45) is 4.73. The molecular formula is C21H31NO3. The highest BCUT2D eigenvalue weighted by Crippen LogP contribution is 2.44. The van der Waals surface area contributed by atoms with Crippen LogP contribution in [0.15, 0.2) is 30.3 Å². The molecule has 2 aliphatic rings. The normalized spacial score (nSPS) is 22.9. The molecule has 0 bridgehead atoms. The molecule has 2 fully saturated rings. The summed E-state index contributed by atoms with van der Waals surface area (Å²) in [5.41, 5.74) is 1.55. The fourth-order valence-electron chi connectivity index (χ4n) is 4.28. The van der Waals surface area contributed by atoms with Crippen LogP contribution in [0.1, 0.15) is 38.2 Å². The Balaban J connectivity index is 1.50. The Hall–Kier alpha value is -1.39. The molecule has 1 spiro atoms. The summed E-state index contributed by atoms with van der Waals surface area (Å²) in [5, 5.41) is 0. The zero-order valence-electron chi connectivity index (χ0n) is 15.4. The fourth-order valence-corrected chi connectivity index (χ4v) is 4.28. The number of hydrogen-bond acceptors (Lipinski definition) is 3. The van der Waals surface area contributed by atoms with Crippen molar-refractivity contribution in [1.29, 1.82) is 0 Å². The second-order valence-electron chi connectivity index (χ2n) is 7.41. The predicted molar refractivity (Wildman–Crippen MR) is 98.4 cm³/mol. The van der Waals surface area contributed by atoms with Gasteiger partial charge in [-0.2, -0.15) is 0 Å². The molecule has 0 radical (unpaired) electrons. The first-order chi connectivity index (χ1) is 12.2. The van der Waals surface area contributed by atoms with Crippen LogP contribution in [0.5, 0.6) is 0 Å². The van der Waals surface area contributed by atoms with Crippen LogP contribution in [0.2, 0.25) is 0 Å². The maximum atomic E-state index is 12.6. The largest absolute Gasteiger partial charge is 0.381 e. The SMILES string of the molecule is CCOC[C@H]1COCCC12CCN(C(=O)CCc1ccccc1)CC2. The van der Waals surface area contributed by atoms with Crippen LogP contribution in [-0.2, 0) is 20.7 Å². The quantitative estimate of drug-likeness (QED) is 0.794. The summed E-state index contributed by atoms with van der Waals surface area (Å²) in [6, 6.07) is 10.3. The maximum absolute atomic E-state index is 12.6. The molecule has 1 atom stereocenters. The highest BCUT2D eigenvalue weighted by Gasteiger charge is 2.44. The van der Waals surface area contributed by atoms with Gasteiger partial charge in [-0.1, -0.05) is 30.3 Å². The summed E-state index contributed by atoms with van der Waals surface area (Å²) < 4.78 is 11.4. The molecule has 0 aromatic heterocycles. The van der Waals surface area contributed by atoms with E-state index in [2.05, 4.69) is 17.0 Å². The van der Waals surface area contributed by atoms with Crippen molar-refractivity contribution in [2.75, 3.05) is 39.5 Å². The van der Waals surface area contributed by atoms with Gasteiger partial charge in [0.2, 0.25) is 5.91 Å². The molecule has 0 unspecified atom stereocenters. The standard InChI is InChI=1S/C21H31NO3/c1-2-24-16-19-17-25-15-12-21(19)10-13-22(14-11-21)20(23)9-8-18-6-4-3-5-7-18/h3-7,19H,2,8-17H2,1H3/t19-/m0/s1. The van der Waals surface area contributed by atoms with Gasteiger partial charge in [0.1, 0.15) is 0 Å². The van der Waals surface area contributed by atoms with Crippen molar-refractivity contribution >= 4 is 5.91 Å². The zero-order valence-corrected chi connectivity index (χ0v) is 15.4. The lowest BCUT2D eigenvalue weighted by Gasteiger charge is -2.49. The topological polar surface area (TPSA) is 38.8 Å². The van der Waals surface area contributed by atoms with E-state index in [-0.39, 0.29) is 0 Å². The van der Waals surface area contributed by atoms with Crippen molar-refractivity contribution in [3.05, 3.63) is 35.9 Å². The molecule has 4 nitrogen and oxygen atoms in total. The third kappa shape index (κ3) is 4.62. The number of aryl methyl sites for hydroxylation is 1. The number of carbonyl (C=O) groups excluding carboxylic acids is 1. The fraction of sp³-hybridized carbons (Fsp3) is 0.667. The first-order valence-electron chi connectivity index (χ1n) is 9.71. The minimum absolute atomic E-state index is 0.298. The first-order valence-corrected chi connectivity index (χ1v) is 9.71. The van der Waals surface area contributed by atoms with Crippen LogP contribution in [-0.4, -0.2) is 50.3 Å². The predicted octanol–water partition coefficient (Wildman–Crippen LogP) is 3.30. The smallest absolute Gasteiger partial charge is 0.222 e. The van der Waals surface area contributed by atoms with Crippen molar-refractivity contribution in [1.82, 2.24) is 4.90 Å². The second-order valence-corrected chi connectivity index (χ2v) is 7.41. The zero-order chi connectivity index (χ0) is 17.5. The summed E-state index contributed by atoms with van der Waals surface area (Å²) in [6.45, 7) is 7.03. The van der Waals surface area contributed by atoms with E-state index in [1.54, 1.807) is 0 Å². The van der Waals surface area contributed by atoms with Crippen LogP contribution in [0, 0.1) is 11.3 Å². The number of nitrogens with zero attached hydrogens (tertiary/aromatic N) is 1. The van der Waals surface area contributed by atoms with E-state index in [0.29, 0.717) is 23.7 Å². The van der Waals surface area contributed by atoms with Crippen LogP contribution in [0.25, 0.3) is 0 Å². The molecule has 0 saturated carbocycles. The van der Waals surface area contributed by atoms with Crippen molar-refractivity contribution < 1.29 is 14.3 Å². The average Bonchev–Trinajstić information content (AvgIpc) is 2.67. The van der Waals surface area contributed by atoms with Gasteiger partial charge in [0.15, 0.2) is 0 Å². The minimum atomic E-state index is 0.298. The van der Waals surface area contributed by atoms with Gasteiger partial charge in [-0.05, 0) is 43.6 Å². The molecule has 1 amide bonds. The highest BCUT2D eigenvalue weighted by molar-refractivity contribution is 5.76. The lowest BCUT2D eigenvalue weighted by Crippen LogP contribution is -2.50. The summed E-state index contributed by atoms with van der Waals surface area (Å²) >= 11 is 0. The lowest BCUT2D eigenvalue weighted by molar-refractivity contribution is -0.138. The number of carbonyl (C=O) groups is 1. The molecule has 2 saturated heterocycles. The van der Waals surface area contributed by atoms with E-state index < -0.39 is 0 Å². The Morgan fingerprint density at radius 3 is 2.72 bits per heavy atom. The van der Waals surface area contributed by atoms with Crippen molar-refractivity contribution in [2.45, 2.75) is 39.0 Å². The molecule has 1 aromatic carbocycles. The Kier molecular flexibility index (Phi) is 6.49. The maximum Gasteiger partial charge on any atom is 0.222 e. The number of hydrogen-bond donors (Lipinski definition) is 0. The van der Waals surface area contributed by atoms with E-state index in [1.165, 1.54) is 5.56 Å². The van der Waals surface area contributed by atoms with E-state index in [4.69, 9.17) is 9.47 Å². The molecule has 0 aliphatic carbocycles. The van der Waals surface area contributed by atoms with Gasteiger partial charge >= 0.3 is 0 Å². The number of amides is 1. The van der Waals surface area contributed by atoms with E-state index in [0.717, 1.165) is 65.2 Å². The Morgan fingerprint density at radius 1 is 1.24 bits per heavy atom. The molecule has 3 rings (SSSR count). The number of ether oxygens (including phenoxy) is 2. The number of rotatable bonds is 6. The third-order valence-electron chi connectivity index (χ3n) is 6.03. The van der Waals surface area contributed by atoms with E-state index in [9.17, 15) is 4.79 Å². The lowest BCUT2D eigenvalue weighted by atomic mass is 9.66. The summed E-state index contributed by atoms with van der Waals surface area (Å²) in [5.74, 6) is 0.773. The van der Waals surface area contributed by atoms with Gasteiger partial charge in [0.25, 0.3) is 0 Å². The molecular weight excluding hydrogens is 314 g/mol. The molecule has 1 aromatic rings. The molecule has 2 heterocycles. The number of piperidine rings is 1. The van der Waals surface area contributed by atoms with Crippen LogP contribution in [0.3, 0.4) is 0 Å². The summed E-state index contributed by atoms with van der Waals surface area (Å²) in [7, 11) is 0. The second kappa shape index (κ2) is 8.81. The monoisotopic (exact) mass is 345 g/mol. The van der Waals surface area contributed by atoms with Crippen LogP contribution < -0.4 is 0 Å². The van der Waals surface area contributed by atoms with Gasteiger partial charge < -0.3 is 14.4 Å². The van der Waals surface area contributed by atoms with Gasteiger partial charge in [-0.15, -0.1) is 0 Å². The van der Waals surface area contributed by atoms with Crippen LogP contribution in [0.4, 0.5) is 0 Å². The first kappa shape index (κ1) is 18.4. The van der Waals surface area contributed by atoms with Gasteiger partial charge in [0.05, 0.1) is 13.2 Å².